The molecule has 5 nitrogen and oxygen atoms in total. The molecule has 0 aromatic carbocycles. The lowest BCUT2D eigenvalue weighted by atomic mass is 9.90. The molecule has 0 radical (unpaired) electrons. The summed E-state index contributed by atoms with van der Waals surface area (Å²) in [5.74, 6) is 0.570. The van der Waals surface area contributed by atoms with E-state index in [1.807, 2.05) is 7.05 Å². The van der Waals surface area contributed by atoms with Crippen LogP contribution < -0.4 is 4.90 Å². The highest BCUT2D eigenvalue weighted by Gasteiger charge is 2.30. The molecule has 2 fully saturated rings. The van der Waals surface area contributed by atoms with Crippen LogP contribution in [0.3, 0.4) is 0 Å². The minimum Gasteiger partial charge on any atom is -0.326 e. The zero-order valence-electron chi connectivity index (χ0n) is 10.6. The highest BCUT2D eigenvalue weighted by Crippen LogP contribution is 2.36. The van der Waals surface area contributed by atoms with Gasteiger partial charge in [0.15, 0.2) is 0 Å². The maximum absolute atomic E-state index is 11.9. The predicted octanol–water partition coefficient (Wildman–Crippen LogP) is 2.46. The lowest BCUT2D eigenvalue weighted by Crippen LogP contribution is -2.29. The van der Waals surface area contributed by atoms with Crippen LogP contribution >= 0.6 is 11.3 Å². The highest BCUT2D eigenvalue weighted by molar-refractivity contribution is 7.15. The number of nitrogens with zero attached hydrogens (tertiary/aromatic N) is 4. The van der Waals surface area contributed by atoms with Crippen molar-refractivity contribution in [3.63, 3.8) is 0 Å². The quantitative estimate of drug-likeness (QED) is 0.826. The summed E-state index contributed by atoms with van der Waals surface area (Å²) in [6.45, 7) is 1.51. The second kappa shape index (κ2) is 4.84. The molecule has 2 heterocycles. The molecule has 0 bridgehead atoms. The Labute approximate surface area is 111 Å². The molecular formula is C12H18N4OS. The number of carbonyl (C=O) groups excluding carboxylic acids is 1. The fourth-order valence-electron chi connectivity index (χ4n) is 2.67. The molecule has 2 aliphatic rings. The normalized spacial score (nSPS) is 21.9. The van der Waals surface area contributed by atoms with Crippen molar-refractivity contribution in [2.24, 2.45) is 0 Å². The molecule has 1 aromatic rings. The van der Waals surface area contributed by atoms with E-state index in [1.54, 1.807) is 21.1 Å². The van der Waals surface area contributed by atoms with Gasteiger partial charge in [0.1, 0.15) is 5.01 Å². The smallest absolute Gasteiger partial charge is 0.326 e. The summed E-state index contributed by atoms with van der Waals surface area (Å²) in [4.78, 5) is 15.3. The van der Waals surface area contributed by atoms with Crippen molar-refractivity contribution in [1.29, 1.82) is 0 Å². The lowest BCUT2D eigenvalue weighted by Gasteiger charge is -2.18. The molecule has 1 saturated carbocycles. The Morgan fingerprint density at radius 3 is 2.61 bits per heavy atom. The first-order valence-corrected chi connectivity index (χ1v) is 7.43. The van der Waals surface area contributed by atoms with E-state index >= 15 is 0 Å². The number of amides is 2. The first kappa shape index (κ1) is 11.9. The molecule has 98 valence electrons. The largest absolute Gasteiger partial charge is 0.326 e. The minimum absolute atomic E-state index is 0.0429. The van der Waals surface area contributed by atoms with Crippen molar-refractivity contribution in [2.45, 2.75) is 38.0 Å². The number of urea groups is 1. The SMILES string of the molecule is CN1CCN(c2nnc(C3CCCCC3)s2)C1=O. The first-order valence-electron chi connectivity index (χ1n) is 6.62. The van der Waals surface area contributed by atoms with Gasteiger partial charge in [0, 0.05) is 26.1 Å². The molecule has 0 atom stereocenters. The fourth-order valence-corrected chi connectivity index (χ4v) is 3.71. The Balaban J connectivity index is 1.75. The Kier molecular flexibility index (Phi) is 3.20. The molecule has 1 aliphatic heterocycles. The van der Waals surface area contributed by atoms with Crippen molar-refractivity contribution in [3.8, 4) is 0 Å². The van der Waals surface area contributed by atoms with E-state index in [0.717, 1.165) is 23.2 Å². The van der Waals surface area contributed by atoms with E-state index in [-0.39, 0.29) is 6.03 Å². The second-order valence-electron chi connectivity index (χ2n) is 5.11. The van der Waals surface area contributed by atoms with Gasteiger partial charge in [-0.1, -0.05) is 30.6 Å². The highest BCUT2D eigenvalue weighted by atomic mass is 32.1. The summed E-state index contributed by atoms with van der Waals surface area (Å²) >= 11 is 1.60. The third kappa shape index (κ3) is 2.09. The number of aromatic nitrogens is 2. The third-order valence-electron chi connectivity index (χ3n) is 3.83. The number of anilines is 1. The summed E-state index contributed by atoms with van der Waals surface area (Å²) in [6.07, 6.45) is 6.39. The average molecular weight is 266 g/mol. The Morgan fingerprint density at radius 2 is 1.94 bits per heavy atom. The van der Waals surface area contributed by atoms with Crippen LogP contribution in [0, 0.1) is 0 Å². The van der Waals surface area contributed by atoms with Gasteiger partial charge >= 0.3 is 6.03 Å². The topological polar surface area (TPSA) is 49.3 Å². The van der Waals surface area contributed by atoms with Crippen LogP contribution in [0.15, 0.2) is 0 Å². The Bertz CT molecular complexity index is 441. The second-order valence-corrected chi connectivity index (χ2v) is 6.10. The van der Waals surface area contributed by atoms with Crippen molar-refractivity contribution in [2.75, 3.05) is 25.0 Å². The van der Waals surface area contributed by atoms with Crippen molar-refractivity contribution in [1.82, 2.24) is 15.1 Å². The third-order valence-corrected chi connectivity index (χ3v) is 4.94. The molecule has 1 aliphatic carbocycles. The van der Waals surface area contributed by atoms with Gasteiger partial charge in [-0.3, -0.25) is 4.90 Å². The van der Waals surface area contributed by atoms with Crippen molar-refractivity contribution < 1.29 is 4.79 Å². The number of hydrogen-bond acceptors (Lipinski definition) is 4. The van der Waals surface area contributed by atoms with Crippen molar-refractivity contribution in [3.05, 3.63) is 5.01 Å². The Hall–Kier alpha value is -1.17. The van der Waals surface area contributed by atoms with E-state index in [2.05, 4.69) is 10.2 Å². The number of rotatable bonds is 2. The van der Waals surface area contributed by atoms with E-state index < -0.39 is 0 Å². The first-order chi connectivity index (χ1) is 8.75. The molecule has 0 spiro atoms. The van der Waals surface area contributed by atoms with Crippen LogP contribution in [-0.4, -0.2) is 41.3 Å². The zero-order valence-corrected chi connectivity index (χ0v) is 11.4. The van der Waals surface area contributed by atoms with E-state index in [0.29, 0.717) is 5.92 Å². The molecule has 0 unspecified atom stereocenters. The van der Waals surface area contributed by atoms with Crippen LogP contribution in [0.25, 0.3) is 0 Å². The summed E-state index contributed by atoms with van der Waals surface area (Å²) in [5, 5.41) is 10.4. The summed E-state index contributed by atoms with van der Waals surface area (Å²) in [7, 11) is 1.82. The van der Waals surface area contributed by atoms with E-state index in [4.69, 9.17) is 0 Å². The van der Waals surface area contributed by atoms with Crippen LogP contribution in [0.5, 0.6) is 0 Å². The summed E-state index contributed by atoms with van der Waals surface area (Å²) in [5.41, 5.74) is 0. The van der Waals surface area contributed by atoms with Gasteiger partial charge in [-0.25, -0.2) is 4.79 Å². The van der Waals surface area contributed by atoms with E-state index in [1.165, 1.54) is 32.1 Å². The van der Waals surface area contributed by atoms with Gasteiger partial charge in [0.2, 0.25) is 5.13 Å². The number of hydrogen-bond donors (Lipinski definition) is 0. The van der Waals surface area contributed by atoms with Gasteiger partial charge in [0.25, 0.3) is 0 Å². The average Bonchev–Trinajstić information content (AvgIpc) is 3.00. The monoisotopic (exact) mass is 266 g/mol. The van der Waals surface area contributed by atoms with Gasteiger partial charge in [-0.2, -0.15) is 0 Å². The van der Waals surface area contributed by atoms with Gasteiger partial charge < -0.3 is 4.90 Å². The van der Waals surface area contributed by atoms with Crippen LogP contribution in [-0.2, 0) is 0 Å². The molecule has 0 N–H and O–H groups in total. The van der Waals surface area contributed by atoms with Crippen LogP contribution in [0.2, 0.25) is 0 Å². The van der Waals surface area contributed by atoms with Crippen LogP contribution in [0.1, 0.15) is 43.0 Å². The van der Waals surface area contributed by atoms with E-state index in [9.17, 15) is 4.79 Å². The molecule has 6 heteroatoms. The molecule has 2 amide bonds. The number of likely N-dealkylation sites (N-methyl/N-ethyl adjacent to an activating group) is 1. The summed E-state index contributed by atoms with van der Waals surface area (Å²) < 4.78 is 0. The van der Waals surface area contributed by atoms with Gasteiger partial charge in [0.05, 0.1) is 0 Å². The standard InChI is InChI=1S/C12H18N4OS/c1-15-7-8-16(12(15)17)11-14-13-10(18-11)9-5-3-2-4-6-9/h9H,2-8H2,1H3. The molecule has 18 heavy (non-hydrogen) atoms. The summed E-state index contributed by atoms with van der Waals surface area (Å²) in [6, 6.07) is 0.0429. The van der Waals surface area contributed by atoms with Gasteiger partial charge in [-0.05, 0) is 12.8 Å². The van der Waals surface area contributed by atoms with Crippen LogP contribution in [0.4, 0.5) is 9.93 Å². The molecular weight excluding hydrogens is 248 g/mol. The predicted molar refractivity (Wildman–Crippen MR) is 71.1 cm³/mol. The minimum atomic E-state index is 0.0429. The molecule has 3 rings (SSSR count). The lowest BCUT2D eigenvalue weighted by molar-refractivity contribution is 0.229. The fraction of sp³-hybridized carbons (Fsp3) is 0.750. The Morgan fingerprint density at radius 1 is 1.17 bits per heavy atom. The maximum Gasteiger partial charge on any atom is 0.326 e. The zero-order chi connectivity index (χ0) is 12.5. The molecule has 1 aromatic heterocycles. The maximum atomic E-state index is 11.9. The van der Waals surface area contributed by atoms with Gasteiger partial charge in [-0.15, -0.1) is 10.2 Å². The van der Waals surface area contributed by atoms with Crippen molar-refractivity contribution >= 4 is 22.5 Å². The molecule has 1 saturated heterocycles. The number of carbonyl (C=O) groups is 1.